The van der Waals surface area contributed by atoms with E-state index < -0.39 is 5.92 Å². The number of carbonyl (C=O) groups is 2. The van der Waals surface area contributed by atoms with Gasteiger partial charge in [-0.1, -0.05) is 50.2 Å². The molecule has 2 aromatic carbocycles. The van der Waals surface area contributed by atoms with Crippen LogP contribution in [0, 0.1) is 5.41 Å². The minimum absolute atomic E-state index is 0.0590. The zero-order valence-electron chi connectivity index (χ0n) is 20.7. The third-order valence-electron chi connectivity index (χ3n) is 6.56. The van der Waals surface area contributed by atoms with Gasteiger partial charge in [0.1, 0.15) is 17.3 Å². The fourth-order valence-corrected chi connectivity index (χ4v) is 5.07. The molecule has 0 fully saturated rings. The van der Waals surface area contributed by atoms with Gasteiger partial charge in [0.15, 0.2) is 5.78 Å². The molecular weight excluding hydrogens is 450 g/mol. The summed E-state index contributed by atoms with van der Waals surface area (Å²) in [4.78, 5) is 31.4. The van der Waals surface area contributed by atoms with Crippen molar-refractivity contribution in [1.29, 1.82) is 0 Å². The van der Waals surface area contributed by atoms with Gasteiger partial charge >= 0.3 is 0 Å². The fourth-order valence-electron chi connectivity index (χ4n) is 5.07. The largest absolute Gasteiger partial charge is 0.457 e. The highest BCUT2D eigenvalue weighted by Crippen LogP contribution is 2.47. The lowest BCUT2D eigenvalue weighted by Crippen LogP contribution is -2.39. The molecule has 3 aromatic rings. The van der Waals surface area contributed by atoms with Crippen LogP contribution in [-0.2, 0) is 9.59 Å². The van der Waals surface area contributed by atoms with E-state index in [1.165, 1.54) is 0 Å². The number of allylic oxidation sites excluding steroid dienone is 3. The van der Waals surface area contributed by atoms with E-state index in [2.05, 4.69) is 29.5 Å². The van der Waals surface area contributed by atoms with Crippen molar-refractivity contribution in [2.45, 2.75) is 39.5 Å². The molecule has 6 heteroatoms. The number of Topliss-reactive ketones (excluding diaryl/α,β-unsaturated/α-hetero) is 1. The topological polar surface area (TPSA) is 80.3 Å². The smallest absolute Gasteiger partial charge is 0.255 e. The van der Waals surface area contributed by atoms with Crippen molar-refractivity contribution in [2.75, 3.05) is 5.32 Å². The van der Waals surface area contributed by atoms with Gasteiger partial charge in [0, 0.05) is 41.1 Å². The Kier molecular flexibility index (Phi) is 6.18. The fraction of sp³-hybridized carbons (Fsp3) is 0.233. The maximum absolute atomic E-state index is 13.6. The Morgan fingerprint density at radius 1 is 1.00 bits per heavy atom. The van der Waals surface area contributed by atoms with E-state index in [-0.39, 0.29) is 17.1 Å². The molecule has 36 heavy (non-hydrogen) atoms. The van der Waals surface area contributed by atoms with Gasteiger partial charge in [-0.3, -0.25) is 9.59 Å². The van der Waals surface area contributed by atoms with Crippen LogP contribution in [0.1, 0.15) is 45.1 Å². The van der Waals surface area contributed by atoms with Gasteiger partial charge in [0.05, 0.1) is 0 Å². The maximum atomic E-state index is 13.6. The lowest BCUT2D eigenvalue weighted by atomic mass is 9.68. The minimum Gasteiger partial charge on any atom is -0.457 e. The average molecular weight is 480 g/mol. The number of dihydropyridines is 1. The summed E-state index contributed by atoms with van der Waals surface area (Å²) in [5.41, 5.74) is 3.46. The van der Waals surface area contributed by atoms with Crippen molar-refractivity contribution in [1.82, 2.24) is 10.3 Å². The molecule has 0 spiro atoms. The molecule has 0 bridgehead atoms. The van der Waals surface area contributed by atoms with Crippen molar-refractivity contribution >= 4 is 17.5 Å². The molecule has 1 aliphatic heterocycles. The summed E-state index contributed by atoms with van der Waals surface area (Å²) in [5.74, 6) is 1.07. The van der Waals surface area contributed by atoms with Gasteiger partial charge < -0.3 is 15.4 Å². The van der Waals surface area contributed by atoms with Gasteiger partial charge in [0.2, 0.25) is 0 Å². The highest BCUT2D eigenvalue weighted by Gasteiger charge is 2.42. The number of hydrogen-bond acceptors (Lipinski definition) is 5. The van der Waals surface area contributed by atoms with Crippen LogP contribution >= 0.6 is 0 Å². The zero-order chi connectivity index (χ0) is 25.3. The summed E-state index contributed by atoms with van der Waals surface area (Å²) >= 11 is 0. The molecule has 1 aliphatic carbocycles. The summed E-state index contributed by atoms with van der Waals surface area (Å²) in [6.07, 6.45) is 2.79. The maximum Gasteiger partial charge on any atom is 0.255 e. The minimum atomic E-state index is -0.520. The number of rotatable bonds is 5. The van der Waals surface area contributed by atoms with Gasteiger partial charge in [-0.15, -0.1) is 0 Å². The van der Waals surface area contributed by atoms with E-state index >= 15 is 0 Å². The molecule has 2 aliphatic rings. The van der Waals surface area contributed by atoms with Crippen LogP contribution in [0.3, 0.4) is 0 Å². The van der Waals surface area contributed by atoms with Crippen molar-refractivity contribution in [2.24, 2.45) is 5.41 Å². The monoisotopic (exact) mass is 479 g/mol. The number of nitrogens with zero attached hydrogens (tertiary/aromatic N) is 1. The zero-order valence-corrected chi connectivity index (χ0v) is 20.7. The first kappa shape index (κ1) is 23.5. The number of ether oxygens (including phenoxy) is 1. The quantitative estimate of drug-likeness (QED) is 0.461. The molecule has 1 aromatic heterocycles. The second-order valence-electron chi connectivity index (χ2n) is 10.1. The van der Waals surface area contributed by atoms with E-state index in [4.69, 9.17) is 4.74 Å². The Morgan fingerprint density at radius 2 is 1.75 bits per heavy atom. The second kappa shape index (κ2) is 9.46. The number of hydrogen-bond donors (Lipinski definition) is 2. The average Bonchev–Trinajstić information content (AvgIpc) is 2.83. The van der Waals surface area contributed by atoms with Crippen LogP contribution in [0.2, 0.25) is 0 Å². The number of ketones is 1. The molecular formula is C30H29N3O3. The highest BCUT2D eigenvalue weighted by molar-refractivity contribution is 6.09. The van der Waals surface area contributed by atoms with Crippen molar-refractivity contribution in [3.05, 3.63) is 107 Å². The third kappa shape index (κ3) is 4.80. The molecule has 0 saturated heterocycles. The summed E-state index contributed by atoms with van der Waals surface area (Å²) in [7, 11) is 0. The molecule has 6 nitrogen and oxygen atoms in total. The lowest BCUT2D eigenvalue weighted by molar-refractivity contribution is -0.118. The molecule has 5 rings (SSSR count). The second-order valence-corrected chi connectivity index (χ2v) is 10.1. The van der Waals surface area contributed by atoms with Gasteiger partial charge in [-0.05, 0) is 60.7 Å². The first-order valence-corrected chi connectivity index (χ1v) is 12.1. The molecule has 1 atom stereocenters. The summed E-state index contributed by atoms with van der Waals surface area (Å²) in [6, 6.07) is 22.5. The van der Waals surface area contributed by atoms with Crippen molar-refractivity contribution < 1.29 is 14.3 Å². The predicted molar refractivity (Wildman–Crippen MR) is 139 cm³/mol. The molecule has 0 radical (unpaired) electrons. The number of nitrogens with one attached hydrogen (secondary N) is 2. The SMILES string of the molecule is CC1=C(C(=O)Nc2ccccn2)[C@@H](c2cccc(Oc3ccccc3)c2)C2=C(CC(C)(C)CC2=O)N1. The number of pyridine rings is 1. The van der Waals surface area contributed by atoms with Crippen LogP contribution in [0.4, 0.5) is 5.82 Å². The van der Waals surface area contributed by atoms with E-state index in [1.54, 1.807) is 18.3 Å². The number of benzene rings is 2. The Bertz CT molecular complexity index is 1370. The van der Waals surface area contributed by atoms with E-state index in [1.807, 2.05) is 67.6 Å². The molecule has 0 saturated carbocycles. The van der Waals surface area contributed by atoms with Crippen molar-refractivity contribution in [3.8, 4) is 11.5 Å². The van der Waals surface area contributed by atoms with Crippen molar-refractivity contribution in [3.63, 3.8) is 0 Å². The van der Waals surface area contributed by atoms with Crippen LogP contribution < -0.4 is 15.4 Å². The molecule has 2 heterocycles. The number of anilines is 1. The summed E-state index contributed by atoms with van der Waals surface area (Å²) < 4.78 is 6.08. The number of aromatic nitrogens is 1. The van der Waals surface area contributed by atoms with Gasteiger partial charge in [0.25, 0.3) is 5.91 Å². The Labute approximate surface area is 211 Å². The normalized spacial score (nSPS) is 18.9. The van der Waals surface area contributed by atoms with Crippen LogP contribution in [0.25, 0.3) is 0 Å². The number of amides is 1. The number of carbonyl (C=O) groups excluding carboxylic acids is 2. The van der Waals surface area contributed by atoms with E-state index in [9.17, 15) is 9.59 Å². The molecule has 182 valence electrons. The Balaban J connectivity index is 1.58. The third-order valence-corrected chi connectivity index (χ3v) is 6.56. The highest BCUT2D eigenvalue weighted by atomic mass is 16.5. The van der Waals surface area contributed by atoms with E-state index in [0.29, 0.717) is 29.1 Å². The first-order valence-electron chi connectivity index (χ1n) is 12.1. The molecule has 2 N–H and O–H groups in total. The predicted octanol–water partition coefficient (Wildman–Crippen LogP) is 6.12. The summed E-state index contributed by atoms with van der Waals surface area (Å²) in [6.45, 7) is 6.09. The lowest BCUT2D eigenvalue weighted by Gasteiger charge is -2.39. The standard InChI is InChI=1S/C30H29N3O3/c1-19-26(29(35)33-25-14-7-8-15-31-25)27(28-23(32-19)17-30(2,3)18-24(28)34)20-10-9-13-22(16-20)36-21-11-5-4-6-12-21/h4-16,27,32H,17-18H2,1-3H3,(H,31,33,35)/t27-/m1/s1. The van der Waals surface area contributed by atoms with E-state index in [0.717, 1.165) is 29.1 Å². The molecule has 1 amide bonds. The Hall–Kier alpha value is -4.19. The van der Waals surface area contributed by atoms with Gasteiger partial charge in [-0.2, -0.15) is 0 Å². The van der Waals surface area contributed by atoms with Crippen LogP contribution in [0.5, 0.6) is 11.5 Å². The first-order chi connectivity index (χ1) is 17.3. The van der Waals surface area contributed by atoms with Crippen LogP contribution in [0.15, 0.2) is 102 Å². The molecule has 0 unspecified atom stereocenters. The van der Waals surface area contributed by atoms with Crippen LogP contribution in [-0.4, -0.2) is 16.7 Å². The van der Waals surface area contributed by atoms with Gasteiger partial charge in [-0.25, -0.2) is 4.98 Å². The Morgan fingerprint density at radius 3 is 2.50 bits per heavy atom. The number of para-hydroxylation sites is 1. The summed E-state index contributed by atoms with van der Waals surface area (Å²) in [5, 5.41) is 6.31.